The molecular weight excluding hydrogens is 236 g/mol. The fraction of sp³-hybridized carbons (Fsp3) is 0.636. The summed E-state index contributed by atoms with van der Waals surface area (Å²) < 4.78 is 0. The minimum Gasteiger partial charge on any atom is -0.382 e. The van der Waals surface area contributed by atoms with Crippen molar-refractivity contribution in [3.8, 4) is 0 Å². The Labute approximate surface area is 106 Å². The molecule has 1 atom stereocenters. The van der Waals surface area contributed by atoms with E-state index < -0.39 is 0 Å². The third-order valence-corrected chi connectivity index (χ3v) is 3.86. The predicted octanol–water partition coefficient (Wildman–Crippen LogP) is 2.03. The van der Waals surface area contributed by atoms with Crippen LogP contribution >= 0.6 is 11.3 Å². The van der Waals surface area contributed by atoms with E-state index in [-0.39, 0.29) is 11.9 Å². The van der Waals surface area contributed by atoms with Gasteiger partial charge in [-0.25, -0.2) is 4.98 Å². The lowest BCUT2D eigenvalue weighted by atomic mass is 10.2. The predicted molar refractivity (Wildman–Crippen MR) is 72.5 cm³/mol. The number of hydrogen-bond donors (Lipinski definition) is 2. The first-order valence-electron chi connectivity index (χ1n) is 5.80. The molecule has 0 aromatic carbocycles. The second-order valence-corrected chi connectivity index (χ2v) is 4.83. The van der Waals surface area contributed by atoms with Crippen molar-refractivity contribution in [2.24, 2.45) is 0 Å². The van der Waals surface area contributed by atoms with E-state index in [0.717, 1.165) is 6.42 Å². The quantitative estimate of drug-likeness (QED) is 0.845. The molecule has 1 aromatic rings. The van der Waals surface area contributed by atoms with Crippen LogP contribution in [0.5, 0.6) is 0 Å². The second kappa shape index (κ2) is 5.86. The zero-order valence-corrected chi connectivity index (χ0v) is 11.6. The van der Waals surface area contributed by atoms with Crippen molar-refractivity contribution in [3.05, 3.63) is 4.88 Å². The Hall–Kier alpha value is -1.30. The number of carbonyl (C=O) groups is 1. The van der Waals surface area contributed by atoms with Gasteiger partial charge in [-0.05, 0) is 20.3 Å². The Morgan fingerprint density at radius 1 is 1.59 bits per heavy atom. The highest BCUT2D eigenvalue weighted by Gasteiger charge is 2.23. The summed E-state index contributed by atoms with van der Waals surface area (Å²) in [5.74, 6) is 0.282. The van der Waals surface area contributed by atoms with Crippen LogP contribution in [0.15, 0.2) is 0 Å². The first-order valence-corrected chi connectivity index (χ1v) is 6.61. The van der Waals surface area contributed by atoms with E-state index in [0.29, 0.717) is 22.4 Å². The van der Waals surface area contributed by atoms with Crippen LogP contribution < -0.4 is 11.1 Å². The van der Waals surface area contributed by atoms with E-state index in [2.05, 4.69) is 17.2 Å². The van der Waals surface area contributed by atoms with Gasteiger partial charge in [-0.1, -0.05) is 18.3 Å². The van der Waals surface area contributed by atoms with Crippen LogP contribution in [0.25, 0.3) is 0 Å². The molecule has 1 unspecified atom stereocenters. The number of thiazole rings is 1. The Morgan fingerprint density at radius 3 is 2.65 bits per heavy atom. The van der Waals surface area contributed by atoms with E-state index in [1.807, 2.05) is 18.7 Å². The highest BCUT2D eigenvalue weighted by atomic mass is 32.1. The summed E-state index contributed by atoms with van der Waals surface area (Å²) in [5, 5.41) is 3.57. The summed E-state index contributed by atoms with van der Waals surface area (Å²) in [6, 6.07) is 0.215. The molecule has 1 aromatic heterocycles. The van der Waals surface area contributed by atoms with Gasteiger partial charge in [-0.2, -0.15) is 0 Å². The van der Waals surface area contributed by atoms with Crippen LogP contribution in [0, 0.1) is 0 Å². The molecule has 1 rings (SSSR count). The zero-order chi connectivity index (χ0) is 13.0. The van der Waals surface area contributed by atoms with Crippen LogP contribution in [0.3, 0.4) is 0 Å². The van der Waals surface area contributed by atoms with Crippen molar-refractivity contribution in [3.63, 3.8) is 0 Å². The Balaban J connectivity index is 2.97. The number of nitrogens with one attached hydrogen (secondary N) is 1. The molecule has 0 bridgehead atoms. The summed E-state index contributed by atoms with van der Waals surface area (Å²) in [5.41, 5.74) is 5.76. The molecule has 0 spiro atoms. The van der Waals surface area contributed by atoms with Crippen LogP contribution in [0.2, 0.25) is 0 Å². The summed E-state index contributed by atoms with van der Waals surface area (Å²) in [4.78, 5) is 18.8. The third kappa shape index (κ3) is 2.88. The van der Waals surface area contributed by atoms with Crippen LogP contribution in [-0.4, -0.2) is 35.4 Å². The lowest BCUT2D eigenvalue weighted by Gasteiger charge is -2.26. The smallest absolute Gasteiger partial charge is 0.268 e. The number of nitrogen functional groups attached to an aromatic ring is 1. The van der Waals surface area contributed by atoms with Crippen molar-refractivity contribution in [1.29, 1.82) is 0 Å². The maximum absolute atomic E-state index is 12.3. The maximum Gasteiger partial charge on any atom is 0.268 e. The van der Waals surface area contributed by atoms with Gasteiger partial charge in [-0.3, -0.25) is 4.79 Å². The van der Waals surface area contributed by atoms with Gasteiger partial charge in [0, 0.05) is 19.6 Å². The highest BCUT2D eigenvalue weighted by molar-refractivity contribution is 7.18. The normalized spacial score (nSPS) is 12.2. The van der Waals surface area contributed by atoms with Gasteiger partial charge >= 0.3 is 0 Å². The van der Waals surface area contributed by atoms with Crippen molar-refractivity contribution in [2.45, 2.75) is 33.2 Å². The van der Waals surface area contributed by atoms with Gasteiger partial charge in [-0.15, -0.1) is 0 Å². The number of nitrogens with zero attached hydrogens (tertiary/aromatic N) is 2. The Bertz CT molecular complexity index is 391. The molecule has 0 saturated carbocycles. The molecule has 1 amide bonds. The Morgan fingerprint density at radius 2 is 2.24 bits per heavy atom. The summed E-state index contributed by atoms with van der Waals surface area (Å²) in [6.07, 6.45) is 0.928. The molecular formula is C11H20N4OS. The minimum atomic E-state index is -0.0293. The molecule has 0 fully saturated rings. The number of carbonyl (C=O) groups excluding carboxylic acids is 1. The molecule has 0 aliphatic rings. The van der Waals surface area contributed by atoms with E-state index in [9.17, 15) is 4.79 Å². The van der Waals surface area contributed by atoms with Crippen molar-refractivity contribution >= 4 is 28.2 Å². The van der Waals surface area contributed by atoms with Crippen molar-refractivity contribution in [1.82, 2.24) is 9.88 Å². The SMILES string of the molecule is CCC(C)N(CC)C(=O)c1sc(NC)nc1N. The summed E-state index contributed by atoms with van der Waals surface area (Å²) in [7, 11) is 1.76. The summed E-state index contributed by atoms with van der Waals surface area (Å²) >= 11 is 1.30. The molecule has 0 aliphatic carbocycles. The lowest BCUT2D eigenvalue weighted by Crippen LogP contribution is -2.38. The molecule has 6 heteroatoms. The van der Waals surface area contributed by atoms with Crippen LogP contribution in [-0.2, 0) is 0 Å². The molecule has 5 nitrogen and oxygen atoms in total. The molecule has 3 N–H and O–H groups in total. The van der Waals surface area contributed by atoms with E-state index in [4.69, 9.17) is 5.73 Å². The molecule has 96 valence electrons. The lowest BCUT2D eigenvalue weighted by molar-refractivity contribution is 0.0706. The van der Waals surface area contributed by atoms with Gasteiger partial charge in [0.2, 0.25) is 0 Å². The average Bonchev–Trinajstić information content (AvgIpc) is 2.71. The minimum absolute atomic E-state index is 0.0293. The van der Waals surface area contributed by atoms with Crippen molar-refractivity contribution in [2.75, 3.05) is 24.6 Å². The second-order valence-electron chi connectivity index (χ2n) is 3.83. The third-order valence-electron chi connectivity index (χ3n) is 2.79. The fourth-order valence-corrected chi connectivity index (χ4v) is 2.39. The first kappa shape index (κ1) is 13.8. The van der Waals surface area contributed by atoms with E-state index >= 15 is 0 Å². The molecule has 1 heterocycles. The topological polar surface area (TPSA) is 71.2 Å². The van der Waals surface area contributed by atoms with Gasteiger partial charge in [0.05, 0.1) is 0 Å². The number of aromatic nitrogens is 1. The van der Waals surface area contributed by atoms with E-state index in [1.165, 1.54) is 11.3 Å². The average molecular weight is 256 g/mol. The first-order chi connectivity index (χ1) is 8.04. The monoisotopic (exact) mass is 256 g/mol. The number of amides is 1. The van der Waals surface area contributed by atoms with Crippen LogP contribution in [0.1, 0.15) is 36.9 Å². The largest absolute Gasteiger partial charge is 0.382 e. The zero-order valence-electron chi connectivity index (χ0n) is 10.8. The molecule has 0 saturated heterocycles. The van der Waals surface area contributed by atoms with Crippen molar-refractivity contribution < 1.29 is 4.79 Å². The Kier molecular flexibility index (Phi) is 4.74. The number of nitrogens with two attached hydrogens (primary N) is 1. The highest BCUT2D eigenvalue weighted by Crippen LogP contribution is 2.26. The fourth-order valence-electron chi connectivity index (χ4n) is 1.60. The van der Waals surface area contributed by atoms with Gasteiger partial charge < -0.3 is 16.0 Å². The maximum atomic E-state index is 12.3. The standard InChI is InChI=1S/C11H20N4OS/c1-5-7(3)15(6-2)10(16)8-9(12)14-11(13-4)17-8/h7H,5-6,12H2,1-4H3,(H,13,14). The van der Waals surface area contributed by atoms with E-state index in [1.54, 1.807) is 7.05 Å². The molecule has 17 heavy (non-hydrogen) atoms. The number of anilines is 2. The number of hydrogen-bond acceptors (Lipinski definition) is 5. The van der Waals surface area contributed by atoms with Gasteiger partial charge in [0.15, 0.2) is 5.13 Å². The van der Waals surface area contributed by atoms with Gasteiger partial charge in [0.25, 0.3) is 5.91 Å². The molecule has 0 aliphatic heterocycles. The summed E-state index contributed by atoms with van der Waals surface area (Å²) in [6.45, 7) is 6.76. The number of rotatable bonds is 5. The van der Waals surface area contributed by atoms with Gasteiger partial charge in [0.1, 0.15) is 10.7 Å². The van der Waals surface area contributed by atoms with Crippen LogP contribution in [0.4, 0.5) is 10.9 Å². The molecule has 0 radical (unpaired) electrons.